The molecule has 2 fully saturated rings. The van der Waals surface area contributed by atoms with Crippen molar-refractivity contribution in [2.75, 3.05) is 26.2 Å². The summed E-state index contributed by atoms with van der Waals surface area (Å²) in [6.45, 7) is 4.16. The number of ether oxygens (including phenoxy) is 1. The maximum absolute atomic E-state index is 13.4. The van der Waals surface area contributed by atoms with Crippen LogP contribution >= 0.6 is 0 Å². The van der Waals surface area contributed by atoms with Crippen LogP contribution in [-0.4, -0.2) is 53.0 Å². The van der Waals surface area contributed by atoms with Gasteiger partial charge in [-0.3, -0.25) is 9.69 Å². The molecule has 1 N–H and O–H groups in total. The number of piperidine rings is 1. The third-order valence-electron chi connectivity index (χ3n) is 6.86. The zero-order valence-corrected chi connectivity index (χ0v) is 16.7. The molecule has 0 aliphatic carbocycles. The van der Waals surface area contributed by atoms with E-state index in [0.29, 0.717) is 32.7 Å². The van der Waals surface area contributed by atoms with Crippen molar-refractivity contribution in [3.05, 3.63) is 70.8 Å². The van der Waals surface area contributed by atoms with Gasteiger partial charge in [0.05, 0.1) is 19.3 Å². The number of carbonyl (C=O) groups excluding carboxylic acids is 1. The summed E-state index contributed by atoms with van der Waals surface area (Å²) < 4.78 is 5.57. The van der Waals surface area contributed by atoms with Crippen molar-refractivity contribution in [1.29, 1.82) is 0 Å². The molecule has 2 aromatic carbocycles. The van der Waals surface area contributed by atoms with Crippen LogP contribution in [0.3, 0.4) is 0 Å². The van der Waals surface area contributed by atoms with E-state index in [1.54, 1.807) is 0 Å². The fraction of sp³-hybridized carbons (Fsp3) is 0.458. The zero-order valence-electron chi connectivity index (χ0n) is 16.7. The number of hydrogen-bond acceptors (Lipinski definition) is 4. The minimum atomic E-state index is -0.926. The van der Waals surface area contributed by atoms with E-state index in [1.807, 2.05) is 53.4 Å². The second-order valence-electron chi connectivity index (χ2n) is 8.49. The van der Waals surface area contributed by atoms with E-state index in [4.69, 9.17) is 4.74 Å². The molecule has 0 radical (unpaired) electrons. The summed E-state index contributed by atoms with van der Waals surface area (Å²) in [7, 11) is 0. The number of benzene rings is 2. The number of carbonyl (C=O) groups is 1. The number of hydrogen-bond donors (Lipinski definition) is 1. The van der Waals surface area contributed by atoms with Crippen LogP contribution < -0.4 is 0 Å². The molecule has 0 spiro atoms. The van der Waals surface area contributed by atoms with E-state index in [9.17, 15) is 9.90 Å². The van der Waals surface area contributed by atoms with Gasteiger partial charge in [0.15, 0.2) is 0 Å². The molecule has 5 nitrogen and oxygen atoms in total. The van der Waals surface area contributed by atoms with Crippen LogP contribution in [-0.2, 0) is 23.6 Å². The van der Waals surface area contributed by atoms with Crippen molar-refractivity contribution in [3.63, 3.8) is 0 Å². The van der Waals surface area contributed by atoms with Gasteiger partial charge >= 0.3 is 0 Å². The van der Waals surface area contributed by atoms with Crippen molar-refractivity contribution >= 4 is 5.91 Å². The Labute approximate surface area is 171 Å². The molecule has 0 unspecified atom stereocenters. The molecule has 29 heavy (non-hydrogen) atoms. The summed E-state index contributed by atoms with van der Waals surface area (Å²) in [5.74, 6) is 0.0617. The van der Waals surface area contributed by atoms with Gasteiger partial charge in [-0.1, -0.05) is 42.5 Å². The molecule has 0 saturated carbocycles. The molecule has 2 saturated heterocycles. The van der Waals surface area contributed by atoms with Gasteiger partial charge in [-0.15, -0.1) is 0 Å². The molecule has 1 amide bonds. The topological polar surface area (TPSA) is 53.0 Å². The number of amides is 1. The number of aliphatic hydroxyl groups is 1. The highest BCUT2D eigenvalue weighted by Gasteiger charge is 2.47. The monoisotopic (exact) mass is 392 g/mol. The van der Waals surface area contributed by atoms with Crippen molar-refractivity contribution in [3.8, 4) is 0 Å². The number of nitrogens with zero attached hydrogens (tertiary/aromatic N) is 2. The maximum atomic E-state index is 13.4. The highest BCUT2D eigenvalue weighted by Crippen LogP contribution is 2.38. The number of likely N-dealkylation sites (tertiary alicyclic amines) is 2. The Balaban J connectivity index is 1.45. The van der Waals surface area contributed by atoms with Crippen LogP contribution in [0.1, 0.15) is 46.3 Å². The van der Waals surface area contributed by atoms with Gasteiger partial charge in [-0.05, 0) is 55.1 Å². The normalized spacial score (nSPS) is 27.2. The molecule has 5 rings (SSSR count). The van der Waals surface area contributed by atoms with Crippen molar-refractivity contribution in [1.82, 2.24) is 9.80 Å². The summed E-state index contributed by atoms with van der Waals surface area (Å²) in [6, 6.07) is 15.8. The lowest BCUT2D eigenvalue weighted by atomic mass is 9.79. The first-order valence-electron chi connectivity index (χ1n) is 10.7. The fourth-order valence-electron chi connectivity index (χ4n) is 5.22. The average molecular weight is 392 g/mol. The van der Waals surface area contributed by atoms with E-state index >= 15 is 0 Å². The molecule has 3 aliphatic heterocycles. The van der Waals surface area contributed by atoms with Crippen LogP contribution in [0.25, 0.3) is 0 Å². The minimum Gasteiger partial charge on any atom is -0.383 e. The summed E-state index contributed by atoms with van der Waals surface area (Å²) >= 11 is 0. The fourth-order valence-corrected chi connectivity index (χ4v) is 5.22. The zero-order chi connectivity index (χ0) is 19.8. The average Bonchev–Trinajstić information content (AvgIpc) is 3.46. The van der Waals surface area contributed by atoms with Gasteiger partial charge in [-0.25, -0.2) is 0 Å². The first-order valence-corrected chi connectivity index (χ1v) is 10.7. The highest BCUT2D eigenvalue weighted by molar-refractivity contribution is 5.96. The Morgan fingerprint density at radius 2 is 1.79 bits per heavy atom. The number of fused-ring (bicyclic) bond motifs is 1. The molecule has 152 valence electrons. The van der Waals surface area contributed by atoms with E-state index in [0.717, 1.165) is 48.2 Å². The van der Waals surface area contributed by atoms with E-state index in [1.165, 1.54) is 0 Å². The predicted octanol–water partition coefficient (Wildman–Crippen LogP) is 2.91. The molecule has 0 bridgehead atoms. The SMILES string of the molecule is O=C(c1cccc2c1COC2)N1CC[C@](O)(c2ccccc2)[C@H](N2CCCC2)C1. The summed E-state index contributed by atoms with van der Waals surface area (Å²) in [6.07, 6.45) is 2.85. The molecule has 2 aromatic rings. The Kier molecular flexibility index (Phi) is 4.90. The summed E-state index contributed by atoms with van der Waals surface area (Å²) in [5.41, 5.74) is 2.93. The molecular weight excluding hydrogens is 364 g/mol. The summed E-state index contributed by atoms with van der Waals surface area (Å²) in [4.78, 5) is 17.8. The van der Waals surface area contributed by atoms with Crippen molar-refractivity contribution < 1.29 is 14.6 Å². The third-order valence-corrected chi connectivity index (χ3v) is 6.86. The van der Waals surface area contributed by atoms with Crippen molar-refractivity contribution in [2.24, 2.45) is 0 Å². The lowest BCUT2D eigenvalue weighted by Gasteiger charge is -2.48. The Morgan fingerprint density at radius 1 is 1.00 bits per heavy atom. The standard InChI is InChI=1S/C24H28N2O3/c27-23(20-10-6-7-18-16-29-17-21(18)20)26-14-11-24(28,19-8-2-1-3-9-19)22(15-26)25-12-4-5-13-25/h1-3,6-10,22,28H,4-5,11-17H2/t22-,24+/m1/s1. The van der Waals surface area contributed by atoms with Gasteiger partial charge in [0, 0.05) is 18.7 Å². The molecule has 2 atom stereocenters. The molecule has 5 heteroatoms. The van der Waals surface area contributed by atoms with Crippen LogP contribution in [0.15, 0.2) is 48.5 Å². The molecule has 3 heterocycles. The van der Waals surface area contributed by atoms with E-state index in [-0.39, 0.29) is 11.9 Å². The Bertz CT molecular complexity index is 894. The lowest BCUT2D eigenvalue weighted by Crippen LogP contribution is -2.61. The van der Waals surface area contributed by atoms with Crippen LogP contribution in [0.4, 0.5) is 0 Å². The van der Waals surface area contributed by atoms with Gasteiger partial charge in [-0.2, -0.15) is 0 Å². The second kappa shape index (κ2) is 7.56. The third kappa shape index (κ3) is 3.27. The smallest absolute Gasteiger partial charge is 0.254 e. The first-order chi connectivity index (χ1) is 14.2. The van der Waals surface area contributed by atoms with Crippen molar-refractivity contribution in [2.45, 2.75) is 44.1 Å². The van der Waals surface area contributed by atoms with Gasteiger partial charge in [0.2, 0.25) is 0 Å². The molecule has 0 aromatic heterocycles. The van der Waals surface area contributed by atoms with Gasteiger partial charge in [0.25, 0.3) is 5.91 Å². The Morgan fingerprint density at radius 3 is 2.59 bits per heavy atom. The molecule has 3 aliphatic rings. The predicted molar refractivity (Wildman–Crippen MR) is 110 cm³/mol. The highest BCUT2D eigenvalue weighted by atomic mass is 16.5. The lowest BCUT2D eigenvalue weighted by molar-refractivity contribution is -0.0878. The van der Waals surface area contributed by atoms with Gasteiger partial charge < -0.3 is 14.7 Å². The minimum absolute atomic E-state index is 0.0617. The van der Waals surface area contributed by atoms with E-state index in [2.05, 4.69) is 4.90 Å². The maximum Gasteiger partial charge on any atom is 0.254 e. The first kappa shape index (κ1) is 18.8. The quantitative estimate of drug-likeness (QED) is 0.873. The largest absolute Gasteiger partial charge is 0.383 e. The summed E-state index contributed by atoms with van der Waals surface area (Å²) in [5, 5.41) is 11.8. The Hall–Kier alpha value is -2.21. The van der Waals surface area contributed by atoms with Crippen LogP contribution in [0.2, 0.25) is 0 Å². The molecular formula is C24H28N2O3. The number of rotatable bonds is 3. The van der Waals surface area contributed by atoms with Crippen LogP contribution in [0.5, 0.6) is 0 Å². The second-order valence-corrected chi connectivity index (χ2v) is 8.49. The van der Waals surface area contributed by atoms with Crippen LogP contribution in [0, 0.1) is 0 Å². The van der Waals surface area contributed by atoms with E-state index < -0.39 is 5.60 Å². The van der Waals surface area contributed by atoms with Gasteiger partial charge in [0.1, 0.15) is 5.60 Å².